The first-order valence-corrected chi connectivity index (χ1v) is 4.17. The van der Waals surface area contributed by atoms with Crippen molar-refractivity contribution < 1.29 is 0 Å². The third-order valence-electron chi connectivity index (χ3n) is 1.58. The summed E-state index contributed by atoms with van der Waals surface area (Å²) in [7, 11) is 0. The van der Waals surface area contributed by atoms with E-state index in [1.54, 1.807) is 0 Å². The second kappa shape index (κ2) is 5.96. The topological polar surface area (TPSA) is 0 Å². The summed E-state index contributed by atoms with van der Waals surface area (Å²) in [5.41, 5.74) is 2.76. The summed E-state index contributed by atoms with van der Waals surface area (Å²) in [6.07, 6.45) is 9.59. The monoisotopic (exact) mass is 150 g/mol. The van der Waals surface area contributed by atoms with Gasteiger partial charge in [0.25, 0.3) is 0 Å². The van der Waals surface area contributed by atoms with E-state index in [1.165, 1.54) is 11.1 Å². The van der Waals surface area contributed by atoms with Gasteiger partial charge in [0.2, 0.25) is 0 Å². The lowest BCUT2D eigenvalue weighted by molar-refractivity contribution is 1.09. The quantitative estimate of drug-likeness (QED) is 0.536. The van der Waals surface area contributed by atoms with E-state index in [2.05, 4.69) is 39.0 Å². The standard InChI is InChI=1S/C11H18/c1-5-7-8-11(4)9-10(3)6-2/h5,7-9H,6H2,1-4H3. The van der Waals surface area contributed by atoms with Crippen LogP contribution in [-0.2, 0) is 0 Å². The van der Waals surface area contributed by atoms with Crippen molar-refractivity contribution in [2.45, 2.75) is 34.1 Å². The molecule has 11 heavy (non-hydrogen) atoms. The van der Waals surface area contributed by atoms with E-state index in [1.807, 2.05) is 13.0 Å². The van der Waals surface area contributed by atoms with Crippen molar-refractivity contribution in [1.29, 1.82) is 0 Å². The molecule has 0 aliphatic rings. The molecule has 0 unspecified atom stereocenters. The second-order valence-corrected chi connectivity index (χ2v) is 2.78. The smallest absolute Gasteiger partial charge is 0.0348 e. The van der Waals surface area contributed by atoms with E-state index in [4.69, 9.17) is 0 Å². The van der Waals surface area contributed by atoms with Crippen LogP contribution in [0.3, 0.4) is 0 Å². The molecule has 0 atom stereocenters. The molecule has 0 saturated carbocycles. The largest absolute Gasteiger partial charge is 0.0877 e. The summed E-state index contributed by atoms with van der Waals surface area (Å²) in [6, 6.07) is 0. The first kappa shape index (κ1) is 10.2. The molecule has 0 heteroatoms. The van der Waals surface area contributed by atoms with Crippen molar-refractivity contribution in [2.24, 2.45) is 0 Å². The van der Waals surface area contributed by atoms with Gasteiger partial charge < -0.3 is 0 Å². The maximum atomic E-state index is 2.22. The zero-order valence-corrected chi connectivity index (χ0v) is 8.02. The third kappa shape index (κ3) is 5.65. The fraction of sp³-hybridized carbons (Fsp3) is 0.455. The van der Waals surface area contributed by atoms with Crippen LogP contribution in [0, 0.1) is 0 Å². The van der Waals surface area contributed by atoms with E-state index in [-0.39, 0.29) is 0 Å². The fourth-order valence-corrected chi connectivity index (χ4v) is 0.787. The van der Waals surface area contributed by atoms with E-state index < -0.39 is 0 Å². The van der Waals surface area contributed by atoms with Gasteiger partial charge in [-0.3, -0.25) is 0 Å². The number of hydrogen-bond donors (Lipinski definition) is 0. The number of allylic oxidation sites excluding steroid dienone is 6. The summed E-state index contributed by atoms with van der Waals surface area (Å²) in [5.74, 6) is 0. The van der Waals surface area contributed by atoms with Crippen LogP contribution in [0.4, 0.5) is 0 Å². The Balaban J connectivity index is 4.14. The van der Waals surface area contributed by atoms with Crippen LogP contribution >= 0.6 is 0 Å². The van der Waals surface area contributed by atoms with Gasteiger partial charge in [-0.1, -0.05) is 42.4 Å². The molecule has 0 aliphatic carbocycles. The summed E-state index contributed by atoms with van der Waals surface area (Å²) in [4.78, 5) is 0. The predicted octanol–water partition coefficient (Wildman–Crippen LogP) is 3.87. The summed E-state index contributed by atoms with van der Waals surface area (Å²) >= 11 is 0. The van der Waals surface area contributed by atoms with Gasteiger partial charge in [-0.15, -0.1) is 0 Å². The second-order valence-electron chi connectivity index (χ2n) is 2.78. The van der Waals surface area contributed by atoms with Gasteiger partial charge in [0.15, 0.2) is 0 Å². The van der Waals surface area contributed by atoms with E-state index in [0.717, 1.165) is 6.42 Å². The minimum absolute atomic E-state index is 1.14. The zero-order valence-electron chi connectivity index (χ0n) is 8.02. The maximum absolute atomic E-state index is 2.22. The Kier molecular flexibility index (Phi) is 5.54. The highest BCUT2D eigenvalue weighted by atomic mass is 13.9. The Bertz CT molecular complexity index is 180. The molecule has 0 fully saturated rings. The van der Waals surface area contributed by atoms with Crippen molar-refractivity contribution in [1.82, 2.24) is 0 Å². The van der Waals surface area contributed by atoms with Gasteiger partial charge in [-0.25, -0.2) is 0 Å². The first-order chi connectivity index (χ1) is 5.20. The summed E-state index contributed by atoms with van der Waals surface area (Å²) < 4.78 is 0. The molecule has 0 heterocycles. The van der Waals surface area contributed by atoms with Crippen LogP contribution in [0.2, 0.25) is 0 Å². The molecule has 0 aromatic rings. The Morgan fingerprint density at radius 3 is 2.36 bits per heavy atom. The van der Waals surface area contributed by atoms with Crippen molar-refractivity contribution in [3.05, 3.63) is 35.5 Å². The number of rotatable bonds is 3. The van der Waals surface area contributed by atoms with Crippen LogP contribution in [0.1, 0.15) is 34.1 Å². The van der Waals surface area contributed by atoms with Crippen molar-refractivity contribution >= 4 is 0 Å². The Morgan fingerprint density at radius 2 is 1.91 bits per heavy atom. The molecule has 0 amide bonds. The van der Waals surface area contributed by atoms with Crippen LogP contribution in [0.15, 0.2) is 35.5 Å². The van der Waals surface area contributed by atoms with Gasteiger partial charge >= 0.3 is 0 Å². The predicted molar refractivity (Wildman–Crippen MR) is 52.6 cm³/mol. The molecule has 0 aromatic heterocycles. The zero-order chi connectivity index (χ0) is 8.69. The molecule has 0 nitrogen and oxygen atoms in total. The highest BCUT2D eigenvalue weighted by Crippen LogP contribution is 2.04. The minimum atomic E-state index is 1.14. The molecular formula is C11H18. The molecular weight excluding hydrogens is 132 g/mol. The third-order valence-corrected chi connectivity index (χ3v) is 1.58. The molecule has 62 valence electrons. The summed E-state index contributed by atoms with van der Waals surface area (Å²) in [6.45, 7) is 8.49. The average Bonchev–Trinajstić information content (AvgIpc) is 2.00. The Labute approximate surface area is 70.3 Å². The van der Waals surface area contributed by atoms with Crippen LogP contribution in [0.25, 0.3) is 0 Å². The van der Waals surface area contributed by atoms with E-state index >= 15 is 0 Å². The number of hydrogen-bond acceptors (Lipinski definition) is 0. The normalized spacial score (nSPS) is 14.5. The average molecular weight is 150 g/mol. The van der Waals surface area contributed by atoms with Gasteiger partial charge in [0.05, 0.1) is 0 Å². The SMILES string of the molecule is CC=CC=C(C)C=C(C)CC. The minimum Gasteiger partial charge on any atom is -0.0877 e. The maximum Gasteiger partial charge on any atom is -0.0348 e. The highest BCUT2D eigenvalue weighted by Gasteiger charge is 1.83. The lowest BCUT2D eigenvalue weighted by Gasteiger charge is -1.94. The van der Waals surface area contributed by atoms with Crippen LogP contribution in [0.5, 0.6) is 0 Å². The van der Waals surface area contributed by atoms with E-state index in [9.17, 15) is 0 Å². The molecule has 0 aliphatic heterocycles. The molecule has 0 spiro atoms. The van der Waals surface area contributed by atoms with Gasteiger partial charge in [-0.05, 0) is 27.2 Å². The molecule has 0 aromatic carbocycles. The Hall–Kier alpha value is -0.780. The summed E-state index contributed by atoms with van der Waals surface area (Å²) in [5, 5.41) is 0. The van der Waals surface area contributed by atoms with Gasteiger partial charge in [-0.2, -0.15) is 0 Å². The molecule has 0 rings (SSSR count). The first-order valence-electron chi connectivity index (χ1n) is 4.17. The Morgan fingerprint density at radius 1 is 1.27 bits per heavy atom. The van der Waals surface area contributed by atoms with E-state index in [0.29, 0.717) is 0 Å². The van der Waals surface area contributed by atoms with Crippen molar-refractivity contribution in [3.8, 4) is 0 Å². The fourth-order valence-electron chi connectivity index (χ4n) is 0.787. The van der Waals surface area contributed by atoms with Crippen molar-refractivity contribution in [2.75, 3.05) is 0 Å². The molecule has 0 N–H and O–H groups in total. The van der Waals surface area contributed by atoms with Gasteiger partial charge in [0.1, 0.15) is 0 Å². The van der Waals surface area contributed by atoms with Crippen LogP contribution < -0.4 is 0 Å². The molecule has 0 radical (unpaired) electrons. The highest BCUT2D eigenvalue weighted by molar-refractivity contribution is 5.24. The van der Waals surface area contributed by atoms with Crippen LogP contribution in [-0.4, -0.2) is 0 Å². The molecule has 0 bridgehead atoms. The lowest BCUT2D eigenvalue weighted by Crippen LogP contribution is -1.73. The lowest BCUT2D eigenvalue weighted by atomic mass is 10.1. The molecule has 0 saturated heterocycles. The van der Waals surface area contributed by atoms with Crippen molar-refractivity contribution in [3.63, 3.8) is 0 Å². The van der Waals surface area contributed by atoms with Gasteiger partial charge in [0, 0.05) is 0 Å².